The molecule has 3 saturated heterocycles. The molecule has 182 valence electrons. The number of hydrogen-bond donors (Lipinski definition) is 2. The molecule has 12 heteroatoms. The molecular weight excluding hydrogens is 449 g/mol. The first-order valence-electron chi connectivity index (χ1n) is 12.0. The molecule has 2 saturated carbocycles. The Balaban J connectivity index is 0.856. The van der Waals surface area contributed by atoms with Gasteiger partial charge in [0.1, 0.15) is 11.5 Å². The Kier molecular flexibility index (Phi) is 4.10. The van der Waals surface area contributed by atoms with Crippen molar-refractivity contribution in [1.82, 2.24) is 40.1 Å². The van der Waals surface area contributed by atoms with Gasteiger partial charge < -0.3 is 9.80 Å². The zero-order chi connectivity index (χ0) is 23.3. The summed E-state index contributed by atoms with van der Waals surface area (Å²) in [6.45, 7) is 4.63. The molecule has 34 heavy (non-hydrogen) atoms. The van der Waals surface area contributed by atoms with E-state index in [-0.39, 0.29) is 29.0 Å². The smallest absolute Gasteiger partial charge is 0.323 e. The van der Waals surface area contributed by atoms with Crippen LogP contribution in [0.2, 0.25) is 0 Å². The Bertz CT molecular complexity index is 1110. The SMILES string of the molecule is O=C(N1CC2(CC(c3n[nH]c(C4CC4)n3)C2)C1)N1CC2(CN(Cc3cn[nH]c3C(F)(F)F)C2)C1. The minimum absolute atomic E-state index is 0.0345. The largest absolute Gasteiger partial charge is 0.433 e. The number of alkyl halides is 3. The maximum absolute atomic E-state index is 13.0. The van der Waals surface area contributed by atoms with E-state index in [0.717, 1.165) is 37.6 Å². The van der Waals surface area contributed by atoms with Gasteiger partial charge in [0.2, 0.25) is 0 Å². The topological polar surface area (TPSA) is 97.0 Å². The van der Waals surface area contributed by atoms with Gasteiger partial charge in [-0.25, -0.2) is 9.78 Å². The molecule has 5 fully saturated rings. The molecule has 0 aromatic carbocycles. The average molecular weight is 477 g/mol. The quantitative estimate of drug-likeness (QED) is 0.707. The van der Waals surface area contributed by atoms with Crippen LogP contribution in [0, 0.1) is 10.8 Å². The zero-order valence-electron chi connectivity index (χ0n) is 18.7. The molecule has 2 amide bonds. The van der Waals surface area contributed by atoms with E-state index in [1.807, 2.05) is 14.7 Å². The number of halogens is 3. The molecule has 2 aromatic rings. The Morgan fingerprint density at radius 1 is 1.00 bits per heavy atom. The fourth-order valence-electron chi connectivity index (χ4n) is 6.57. The van der Waals surface area contributed by atoms with Crippen molar-refractivity contribution in [3.63, 3.8) is 0 Å². The number of hydrogen-bond acceptors (Lipinski definition) is 5. The number of carbonyl (C=O) groups excluding carboxylic acids is 1. The second-order valence-corrected chi connectivity index (χ2v) is 11.4. The number of nitrogens with zero attached hydrogens (tertiary/aromatic N) is 6. The molecule has 9 nitrogen and oxygen atoms in total. The number of rotatable bonds is 4. The molecule has 3 aliphatic heterocycles. The first-order chi connectivity index (χ1) is 16.2. The highest BCUT2D eigenvalue weighted by atomic mass is 19.4. The Morgan fingerprint density at radius 3 is 2.32 bits per heavy atom. The summed E-state index contributed by atoms with van der Waals surface area (Å²) in [7, 11) is 0. The minimum Gasteiger partial charge on any atom is -0.323 e. The lowest BCUT2D eigenvalue weighted by Crippen LogP contribution is -2.75. The number of H-pyrrole nitrogens is 2. The van der Waals surface area contributed by atoms with Crippen LogP contribution in [-0.4, -0.2) is 85.4 Å². The van der Waals surface area contributed by atoms with Gasteiger partial charge in [-0.15, -0.1) is 0 Å². The van der Waals surface area contributed by atoms with Crippen molar-refractivity contribution >= 4 is 6.03 Å². The predicted octanol–water partition coefficient (Wildman–Crippen LogP) is 2.54. The molecular formula is C22H27F3N8O. The van der Waals surface area contributed by atoms with E-state index in [9.17, 15) is 18.0 Å². The Labute approximate surface area is 194 Å². The van der Waals surface area contributed by atoms with Gasteiger partial charge in [-0.1, -0.05) is 0 Å². The van der Waals surface area contributed by atoms with Crippen molar-refractivity contribution in [3.05, 3.63) is 29.1 Å². The number of amides is 2. The number of likely N-dealkylation sites (tertiary alicyclic amines) is 3. The van der Waals surface area contributed by atoms with E-state index in [1.54, 1.807) is 0 Å². The van der Waals surface area contributed by atoms with Gasteiger partial charge in [0, 0.05) is 74.0 Å². The molecule has 5 heterocycles. The molecule has 0 radical (unpaired) electrons. The maximum Gasteiger partial charge on any atom is 0.433 e. The maximum atomic E-state index is 13.0. The summed E-state index contributed by atoms with van der Waals surface area (Å²) in [6, 6.07) is 0.0984. The lowest BCUT2D eigenvalue weighted by Gasteiger charge is -2.63. The van der Waals surface area contributed by atoms with Crippen molar-refractivity contribution in [2.24, 2.45) is 10.8 Å². The van der Waals surface area contributed by atoms with Gasteiger partial charge in [0.15, 0.2) is 5.82 Å². The number of aromatic nitrogens is 5. The standard InChI is InChI=1S/C22H27F3N8O/c23-22(24,25)16-15(5-26-28-16)6-31-7-21(8-31)11-33(12-21)19(34)32-9-20(10-32)3-14(4-20)18-27-17(29-30-18)13-1-2-13/h5,13-14H,1-4,6-12H2,(H,26,28)(H,27,29,30). The number of aromatic amines is 2. The molecule has 2 aliphatic carbocycles. The second-order valence-electron chi connectivity index (χ2n) is 11.4. The van der Waals surface area contributed by atoms with Gasteiger partial charge >= 0.3 is 12.2 Å². The first kappa shape index (κ1) is 20.7. The summed E-state index contributed by atoms with van der Waals surface area (Å²) in [5.74, 6) is 2.96. The monoisotopic (exact) mass is 476 g/mol. The number of nitrogens with one attached hydrogen (secondary N) is 2. The van der Waals surface area contributed by atoms with E-state index < -0.39 is 11.9 Å². The average Bonchev–Trinajstić information content (AvgIpc) is 3.19. The Morgan fingerprint density at radius 2 is 1.68 bits per heavy atom. The lowest BCUT2D eigenvalue weighted by atomic mass is 9.57. The number of urea groups is 1. The van der Waals surface area contributed by atoms with E-state index >= 15 is 0 Å². The van der Waals surface area contributed by atoms with Gasteiger partial charge in [-0.2, -0.15) is 23.4 Å². The van der Waals surface area contributed by atoms with Crippen LogP contribution in [0.3, 0.4) is 0 Å². The van der Waals surface area contributed by atoms with E-state index in [0.29, 0.717) is 38.0 Å². The molecule has 0 bridgehead atoms. The molecule has 0 atom stereocenters. The van der Waals surface area contributed by atoms with E-state index in [2.05, 4.69) is 25.4 Å². The van der Waals surface area contributed by atoms with Gasteiger partial charge in [0.05, 0.1) is 6.20 Å². The summed E-state index contributed by atoms with van der Waals surface area (Å²) in [4.78, 5) is 23.4. The van der Waals surface area contributed by atoms with Crippen molar-refractivity contribution < 1.29 is 18.0 Å². The summed E-state index contributed by atoms with van der Waals surface area (Å²) in [6.07, 6.45) is 1.34. The summed E-state index contributed by atoms with van der Waals surface area (Å²) in [5, 5.41) is 13.1. The molecule has 2 aromatic heterocycles. The van der Waals surface area contributed by atoms with Crippen LogP contribution in [0.4, 0.5) is 18.0 Å². The first-order valence-corrected chi connectivity index (χ1v) is 12.0. The highest BCUT2D eigenvalue weighted by Crippen LogP contribution is 2.56. The van der Waals surface area contributed by atoms with Crippen LogP contribution in [0.15, 0.2) is 6.20 Å². The fraction of sp³-hybridized carbons (Fsp3) is 0.727. The van der Waals surface area contributed by atoms with Gasteiger partial charge in [-0.05, 0) is 25.7 Å². The molecule has 2 spiro atoms. The highest BCUT2D eigenvalue weighted by molar-refractivity contribution is 5.77. The summed E-state index contributed by atoms with van der Waals surface area (Å²) >= 11 is 0. The van der Waals surface area contributed by atoms with Crippen LogP contribution in [-0.2, 0) is 12.7 Å². The van der Waals surface area contributed by atoms with Gasteiger partial charge in [0.25, 0.3) is 0 Å². The van der Waals surface area contributed by atoms with Crippen LogP contribution in [0.25, 0.3) is 0 Å². The lowest BCUT2D eigenvalue weighted by molar-refractivity contribution is -0.143. The third-order valence-corrected chi connectivity index (χ3v) is 8.37. The molecule has 2 N–H and O–H groups in total. The highest BCUT2D eigenvalue weighted by Gasteiger charge is 2.58. The predicted molar refractivity (Wildman–Crippen MR) is 113 cm³/mol. The Hall–Kier alpha value is -2.63. The van der Waals surface area contributed by atoms with Crippen molar-refractivity contribution in [2.45, 2.75) is 50.2 Å². The third-order valence-electron chi connectivity index (χ3n) is 8.37. The van der Waals surface area contributed by atoms with Crippen LogP contribution >= 0.6 is 0 Å². The minimum atomic E-state index is -4.42. The third kappa shape index (κ3) is 3.24. The van der Waals surface area contributed by atoms with Crippen molar-refractivity contribution in [1.29, 1.82) is 0 Å². The van der Waals surface area contributed by atoms with Crippen LogP contribution in [0.1, 0.15) is 60.4 Å². The summed E-state index contributed by atoms with van der Waals surface area (Å²) < 4.78 is 39.0. The van der Waals surface area contributed by atoms with E-state index in [4.69, 9.17) is 0 Å². The van der Waals surface area contributed by atoms with Crippen LogP contribution < -0.4 is 0 Å². The normalized spacial score (nSPS) is 25.7. The molecule has 0 unspecified atom stereocenters. The zero-order valence-corrected chi connectivity index (χ0v) is 18.7. The van der Waals surface area contributed by atoms with E-state index in [1.165, 1.54) is 19.0 Å². The molecule has 7 rings (SSSR count). The van der Waals surface area contributed by atoms with Crippen molar-refractivity contribution in [2.75, 3.05) is 39.3 Å². The summed E-state index contributed by atoms with van der Waals surface area (Å²) in [5.41, 5.74) is -0.326. The number of carbonyl (C=O) groups is 1. The van der Waals surface area contributed by atoms with Gasteiger partial charge in [-0.3, -0.25) is 15.1 Å². The second kappa shape index (κ2) is 6.73. The van der Waals surface area contributed by atoms with Crippen molar-refractivity contribution in [3.8, 4) is 0 Å². The molecule has 5 aliphatic rings. The fourth-order valence-corrected chi connectivity index (χ4v) is 6.57. The van der Waals surface area contributed by atoms with Crippen LogP contribution in [0.5, 0.6) is 0 Å².